The number of halogens is 1. The Balaban J connectivity index is 1.67. The number of ketones is 2. The lowest BCUT2D eigenvalue weighted by Gasteiger charge is -2.34. The number of Topliss-reactive ketones (excluding diaryl/α,β-unsaturated/α-hetero) is 2. The smallest absolute Gasteiger partial charge is 0.238 e. The second kappa shape index (κ2) is 7.11. The summed E-state index contributed by atoms with van der Waals surface area (Å²) in [5, 5.41) is 4.15. The van der Waals surface area contributed by atoms with E-state index in [-0.39, 0.29) is 17.5 Å². The molecule has 0 N–H and O–H groups in total. The number of carbonyl (C=O) groups is 3. The van der Waals surface area contributed by atoms with Crippen LogP contribution in [0.5, 0.6) is 0 Å². The van der Waals surface area contributed by atoms with Crippen molar-refractivity contribution in [2.24, 2.45) is 5.41 Å². The molecule has 6 rings (SSSR count). The maximum atomic E-state index is 14.3. The average Bonchev–Trinajstić information content (AvgIpc) is 3.41. The molecule has 0 unspecified atom stereocenters. The van der Waals surface area contributed by atoms with Crippen LogP contribution >= 0.6 is 11.6 Å². The standard InChI is InChI=1S/C27H21ClN2O3/c1-16-6-8-17(9-7-16)23-27(25(32)20-4-2-3-5-21(20)26(27)33)24(18-10-12-19(28)13-11-18)30-22(31)14-15-29(23)30/h2-13,23-24H,14-15H2,1H3/t23-,24+/m0/s1. The zero-order valence-corrected chi connectivity index (χ0v) is 18.8. The van der Waals surface area contributed by atoms with E-state index in [9.17, 15) is 14.4 Å². The Hall–Kier alpha value is -3.28. The Bertz CT molecular complexity index is 1280. The molecule has 33 heavy (non-hydrogen) atoms. The molecule has 6 heteroatoms. The van der Waals surface area contributed by atoms with Gasteiger partial charge < -0.3 is 0 Å². The van der Waals surface area contributed by atoms with Crippen molar-refractivity contribution < 1.29 is 14.4 Å². The SMILES string of the molecule is Cc1ccc([C@@H]2N3CCC(=O)N3[C@H](c3ccc(Cl)cc3)C23C(=O)c2ccccc2C3=O)cc1. The Morgan fingerprint density at radius 2 is 1.33 bits per heavy atom. The van der Waals surface area contributed by atoms with E-state index in [4.69, 9.17) is 11.6 Å². The molecule has 164 valence electrons. The molecule has 1 amide bonds. The first-order chi connectivity index (χ1) is 15.9. The van der Waals surface area contributed by atoms with Gasteiger partial charge in [0, 0.05) is 29.1 Å². The van der Waals surface area contributed by atoms with Crippen molar-refractivity contribution in [3.05, 3.63) is 106 Å². The van der Waals surface area contributed by atoms with Gasteiger partial charge in [0.2, 0.25) is 5.91 Å². The van der Waals surface area contributed by atoms with Crippen LogP contribution in [0.15, 0.2) is 72.8 Å². The van der Waals surface area contributed by atoms with E-state index in [1.807, 2.05) is 48.3 Å². The molecular weight excluding hydrogens is 436 g/mol. The van der Waals surface area contributed by atoms with Gasteiger partial charge in [0.15, 0.2) is 11.6 Å². The van der Waals surface area contributed by atoms with Gasteiger partial charge in [-0.25, -0.2) is 5.01 Å². The van der Waals surface area contributed by atoms with E-state index in [1.54, 1.807) is 41.4 Å². The van der Waals surface area contributed by atoms with Gasteiger partial charge in [-0.1, -0.05) is 77.8 Å². The van der Waals surface area contributed by atoms with E-state index in [0.717, 1.165) is 16.7 Å². The third-order valence-electron chi connectivity index (χ3n) is 7.24. The van der Waals surface area contributed by atoms with Crippen molar-refractivity contribution in [2.75, 3.05) is 6.54 Å². The zero-order chi connectivity index (χ0) is 22.9. The van der Waals surface area contributed by atoms with Crippen LogP contribution in [0.1, 0.15) is 55.9 Å². The summed E-state index contributed by atoms with van der Waals surface area (Å²) in [7, 11) is 0. The lowest BCUT2D eigenvalue weighted by molar-refractivity contribution is -0.138. The van der Waals surface area contributed by atoms with Crippen molar-refractivity contribution in [3.8, 4) is 0 Å². The topological polar surface area (TPSA) is 57.7 Å². The summed E-state index contributed by atoms with van der Waals surface area (Å²) in [4.78, 5) is 41.7. The van der Waals surface area contributed by atoms with Crippen LogP contribution < -0.4 is 0 Å². The van der Waals surface area contributed by atoms with Gasteiger partial charge >= 0.3 is 0 Å². The van der Waals surface area contributed by atoms with Crippen LogP contribution in [0.2, 0.25) is 5.02 Å². The lowest BCUT2D eigenvalue weighted by atomic mass is 9.66. The summed E-state index contributed by atoms with van der Waals surface area (Å²) in [6, 6.07) is 20.7. The summed E-state index contributed by atoms with van der Waals surface area (Å²) in [5.74, 6) is -0.535. The molecule has 5 nitrogen and oxygen atoms in total. The highest BCUT2D eigenvalue weighted by molar-refractivity contribution is 6.31. The van der Waals surface area contributed by atoms with Crippen molar-refractivity contribution in [1.29, 1.82) is 0 Å². The Labute approximate surface area is 196 Å². The summed E-state index contributed by atoms with van der Waals surface area (Å²) in [6.45, 7) is 2.46. The van der Waals surface area contributed by atoms with Crippen molar-refractivity contribution in [2.45, 2.75) is 25.4 Å². The predicted octanol–water partition coefficient (Wildman–Crippen LogP) is 4.96. The molecule has 1 spiro atoms. The van der Waals surface area contributed by atoms with Crippen LogP contribution in [0, 0.1) is 12.3 Å². The van der Waals surface area contributed by atoms with E-state index in [0.29, 0.717) is 29.1 Å². The molecule has 3 aliphatic rings. The number of rotatable bonds is 2. The van der Waals surface area contributed by atoms with E-state index < -0.39 is 17.5 Å². The highest BCUT2D eigenvalue weighted by atomic mass is 35.5. The molecule has 2 atom stereocenters. The Morgan fingerprint density at radius 3 is 1.94 bits per heavy atom. The third-order valence-corrected chi connectivity index (χ3v) is 7.49. The van der Waals surface area contributed by atoms with Crippen LogP contribution in [0.4, 0.5) is 0 Å². The van der Waals surface area contributed by atoms with Crippen LogP contribution in [-0.4, -0.2) is 34.0 Å². The average molecular weight is 457 g/mol. The number of aryl methyl sites for hydroxylation is 1. The first-order valence-electron chi connectivity index (χ1n) is 11.0. The second-order valence-corrected chi connectivity index (χ2v) is 9.43. The molecule has 0 aromatic heterocycles. The van der Waals surface area contributed by atoms with Gasteiger partial charge in [0.05, 0.1) is 12.1 Å². The van der Waals surface area contributed by atoms with Gasteiger partial charge in [-0.15, -0.1) is 0 Å². The Morgan fingerprint density at radius 1 is 0.788 bits per heavy atom. The van der Waals surface area contributed by atoms with Crippen molar-refractivity contribution in [3.63, 3.8) is 0 Å². The minimum absolute atomic E-state index is 0.0829. The third kappa shape index (κ3) is 2.61. The quantitative estimate of drug-likeness (QED) is 0.511. The highest BCUT2D eigenvalue weighted by Crippen LogP contribution is 2.63. The molecule has 2 aliphatic heterocycles. The van der Waals surface area contributed by atoms with Gasteiger partial charge in [-0.05, 0) is 30.2 Å². The number of nitrogens with zero attached hydrogens (tertiary/aromatic N) is 2. The molecular formula is C27H21ClN2O3. The summed E-state index contributed by atoms with van der Waals surface area (Å²) < 4.78 is 0. The summed E-state index contributed by atoms with van der Waals surface area (Å²) >= 11 is 6.15. The minimum Gasteiger partial charge on any atom is -0.293 e. The fourth-order valence-corrected chi connectivity index (χ4v) is 5.98. The van der Waals surface area contributed by atoms with Gasteiger partial charge in [-0.3, -0.25) is 19.4 Å². The predicted molar refractivity (Wildman–Crippen MR) is 124 cm³/mol. The molecule has 2 saturated heterocycles. The zero-order valence-electron chi connectivity index (χ0n) is 18.0. The molecule has 0 bridgehead atoms. The van der Waals surface area contributed by atoms with E-state index in [1.165, 1.54) is 0 Å². The van der Waals surface area contributed by atoms with Crippen molar-refractivity contribution >= 4 is 29.1 Å². The molecule has 2 heterocycles. The fraction of sp³-hybridized carbons (Fsp3) is 0.222. The number of hydrogen-bond acceptors (Lipinski definition) is 4. The molecule has 0 saturated carbocycles. The molecule has 2 fully saturated rings. The number of hydrogen-bond donors (Lipinski definition) is 0. The number of hydrazine groups is 1. The van der Waals surface area contributed by atoms with Gasteiger partial charge in [0.1, 0.15) is 5.41 Å². The van der Waals surface area contributed by atoms with Crippen LogP contribution in [-0.2, 0) is 4.79 Å². The van der Waals surface area contributed by atoms with Crippen LogP contribution in [0.25, 0.3) is 0 Å². The van der Waals surface area contributed by atoms with Crippen LogP contribution in [0.3, 0.4) is 0 Å². The van der Waals surface area contributed by atoms with Gasteiger partial charge in [0.25, 0.3) is 0 Å². The number of amides is 1. The fourth-order valence-electron chi connectivity index (χ4n) is 5.86. The summed E-state index contributed by atoms with van der Waals surface area (Å²) in [5.41, 5.74) is 2.04. The highest BCUT2D eigenvalue weighted by Gasteiger charge is 2.72. The summed E-state index contributed by atoms with van der Waals surface area (Å²) in [6.07, 6.45) is 0.345. The maximum absolute atomic E-state index is 14.3. The lowest BCUT2D eigenvalue weighted by Crippen LogP contribution is -2.44. The normalized spacial score (nSPS) is 23.5. The molecule has 3 aromatic rings. The molecule has 0 radical (unpaired) electrons. The number of benzene rings is 3. The van der Waals surface area contributed by atoms with Crippen molar-refractivity contribution in [1.82, 2.24) is 10.0 Å². The molecule has 3 aromatic carbocycles. The first-order valence-corrected chi connectivity index (χ1v) is 11.4. The monoisotopic (exact) mass is 456 g/mol. The first kappa shape index (κ1) is 20.3. The Kier molecular flexibility index (Phi) is 4.38. The van der Waals surface area contributed by atoms with E-state index >= 15 is 0 Å². The van der Waals surface area contributed by atoms with Gasteiger partial charge in [-0.2, -0.15) is 0 Å². The minimum atomic E-state index is -1.47. The number of carbonyl (C=O) groups excluding carboxylic acids is 3. The second-order valence-electron chi connectivity index (χ2n) is 8.99. The largest absolute Gasteiger partial charge is 0.293 e. The van der Waals surface area contributed by atoms with E-state index in [2.05, 4.69) is 0 Å². The molecule has 1 aliphatic carbocycles. The number of fused-ring (bicyclic) bond motifs is 2. The maximum Gasteiger partial charge on any atom is 0.238 e.